The molecule has 0 saturated heterocycles. The number of benzene rings is 2. The van der Waals surface area contributed by atoms with Crippen LogP contribution in [-0.4, -0.2) is 41.1 Å². The van der Waals surface area contributed by atoms with Gasteiger partial charge in [-0.25, -0.2) is 4.79 Å². The third-order valence-corrected chi connectivity index (χ3v) is 3.73. The Kier molecular flexibility index (Phi) is 6.37. The first-order valence-corrected chi connectivity index (χ1v) is 8.10. The number of anilines is 1. The molecule has 0 radical (unpaired) electrons. The molecule has 0 aromatic heterocycles. The van der Waals surface area contributed by atoms with Crippen LogP contribution in [0.3, 0.4) is 0 Å². The maximum absolute atomic E-state index is 12.0. The van der Waals surface area contributed by atoms with E-state index in [4.69, 9.17) is 4.74 Å². The predicted octanol–water partition coefficient (Wildman–Crippen LogP) is 1.63. The number of rotatable bonds is 6. The molecule has 142 valence electrons. The summed E-state index contributed by atoms with van der Waals surface area (Å²) < 4.78 is 4.78. The molecule has 0 saturated carbocycles. The maximum atomic E-state index is 12.0. The number of amides is 2. The third kappa shape index (κ3) is 5.46. The minimum atomic E-state index is -0.928. The minimum Gasteiger partial charge on any atom is -0.508 e. The first-order chi connectivity index (χ1) is 12.8. The smallest absolute Gasteiger partial charge is 0.342 e. The van der Waals surface area contributed by atoms with Gasteiger partial charge in [-0.15, -0.1) is 0 Å². The van der Waals surface area contributed by atoms with E-state index in [0.717, 1.165) is 17.2 Å². The van der Waals surface area contributed by atoms with Gasteiger partial charge in [-0.2, -0.15) is 0 Å². The molecule has 4 N–H and O–H groups in total. The number of phenols is 2. The van der Waals surface area contributed by atoms with Crippen LogP contribution >= 0.6 is 0 Å². The number of phenolic OH excluding ortho intramolecular Hbond substituents is 2. The van der Waals surface area contributed by atoms with E-state index in [9.17, 15) is 24.6 Å². The van der Waals surface area contributed by atoms with Gasteiger partial charge in [0.05, 0.1) is 6.54 Å². The van der Waals surface area contributed by atoms with Gasteiger partial charge in [-0.1, -0.05) is 18.2 Å². The largest absolute Gasteiger partial charge is 0.508 e. The molecule has 0 heterocycles. The van der Waals surface area contributed by atoms with Crippen molar-refractivity contribution in [3.8, 4) is 11.5 Å². The number of carbonyl (C=O) groups is 3. The molecule has 2 aromatic carbocycles. The lowest BCUT2D eigenvalue weighted by molar-refractivity contribution is -0.126. The Labute approximate surface area is 155 Å². The lowest BCUT2D eigenvalue weighted by Crippen LogP contribution is -2.35. The van der Waals surface area contributed by atoms with Crippen molar-refractivity contribution in [2.24, 2.45) is 0 Å². The number of hydrogen-bond acceptors (Lipinski definition) is 6. The van der Waals surface area contributed by atoms with Crippen LogP contribution in [0.2, 0.25) is 0 Å². The summed E-state index contributed by atoms with van der Waals surface area (Å²) in [6.45, 7) is 2.82. The van der Waals surface area contributed by atoms with Gasteiger partial charge in [0.1, 0.15) is 17.1 Å². The fourth-order valence-corrected chi connectivity index (χ4v) is 2.33. The predicted molar refractivity (Wildman–Crippen MR) is 97.6 cm³/mol. The zero-order valence-corrected chi connectivity index (χ0v) is 14.9. The van der Waals surface area contributed by atoms with E-state index in [2.05, 4.69) is 10.6 Å². The molecule has 0 fully saturated rings. The summed E-state index contributed by atoms with van der Waals surface area (Å²) >= 11 is 0. The highest BCUT2D eigenvalue weighted by Crippen LogP contribution is 2.23. The van der Waals surface area contributed by atoms with Crippen LogP contribution in [0.5, 0.6) is 11.5 Å². The van der Waals surface area contributed by atoms with E-state index in [-0.39, 0.29) is 17.9 Å². The zero-order valence-electron chi connectivity index (χ0n) is 14.9. The molecule has 2 aromatic rings. The molecule has 0 aliphatic heterocycles. The minimum absolute atomic E-state index is 0.187. The van der Waals surface area contributed by atoms with Gasteiger partial charge in [0.15, 0.2) is 6.61 Å². The molecule has 0 bridgehead atoms. The molecule has 0 aliphatic carbocycles. The topological polar surface area (TPSA) is 125 Å². The Balaban J connectivity index is 1.80. The second-order valence-corrected chi connectivity index (χ2v) is 5.87. The third-order valence-electron chi connectivity index (χ3n) is 3.73. The van der Waals surface area contributed by atoms with Gasteiger partial charge in [0.2, 0.25) is 5.91 Å². The van der Waals surface area contributed by atoms with Crippen LogP contribution in [0.4, 0.5) is 5.69 Å². The Morgan fingerprint density at radius 3 is 2.30 bits per heavy atom. The molecule has 27 heavy (non-hydrogen) atoms. The van der Waals surface area contributed by atoms with Crippen molar-refractivity contribution in [3.63, 3.8) is 0 Å². The Hall–Kier alpha value is -3.55. The van der Waals surface area contributed by atoms with Crippen LogP contribution in [0.15, 0.2) is 36.4 Å². The fraction of sp³-hybridized carbons (Fsp3) is 0.211. The van der Waals surface area contributed by atoms with Crippen LogP contribution in [0.1, 0.15) is 21.5 Å². The van der Waals surface area contributed by atoms with Gasteiger partial charge >= 0.3 is 5.97 Å². The summed E-state index contributed by atoms with van der Waals surface area (Å²) in [6.07, 6.45) is 0. The maximum Gasteiger partial charge on any atom is 0.342 e. The Morgan fingerprint density at radius 1 is 1.00 bits per heavy atom. The number of carbonyl (C=O) groups excluding carboxylic acids is 3. The SMILES string of the molecule is Cc1cccc(C)c1NC(=O)CNC(=O)COC(=O)c1ccc(O)cc1O. The lowest BCUT2D eigenvalue weighted by Gasteiger charge is -2.12. The molecule has 0 atom stereocenters. The van der Waals surface area contributed by atoms with Crippen molar-refractivity contribution in [2.75, 3.05) is 18.5 Å². The van der Waals surface area contributed by atoms with Crippen molar-refractivity contribution >= 4 is 23.5 Å². The van der Waals surface area contributed by atoms with E-state index in [0.29, 0.717) is 5.69 Å². The molecule has 2 rings (SSSR count). The van der Waals surface area contributed by atoms with Crippen LogP contribution in [0, 0.1) is 13.8 Å². The van der Waals surface area contributed by atoms with Gasteiger partial charge in [-0.3, -0.25) is 9.59 Å². The van der Waals surface area contributed by atoms with Crippen molar-refractivity contribution < 1.29 is 29.3 Å². The van der Waals surface area contributed by atoms with E-state index < -0.39 is 30.1 Å². The number of aromatic hydroxyl groups is 2. The van der Waals surface area contributed by atoms with Gasteiger partial charge in [-0.05, 0) is 37.1 Å². The second kappa shape index (κ2) is 8.70. The monoisotopic (exact) mass is 372 g/mol. The summed E-state index contributed by atoms with van der Waals surface area (Å²) in [7, 11) is 0. The number of para-hydroxylation sites is 1. The zero-order chi connectivity index (χ0) is 20.0. The summed E-state index contributed by atoms with van der Waals surface area (Å²) in [5, 5.41) is 23.8. The molecular weight excluding hydrogens is 352 g/mol. The highest BCUT2D eigenvalue weighted by molar-refractivity contribution is 5.97. The number of hydrogen-bond donors (Lipinski definition) is 4. The van der Waals surface area contributed by atoms with Crippen molar-refractivity contribution in [1.82, 2.24) is 5.32 Å². The first kappa shape index (κ1) is 19.8. The van der Waals surface area contributed by atoms with E-state index in [1.54, 1.807) is 0 Å². The molecule has 0 aliphatic rings. The highest BCUT2D eigenvalue weighted by atomic mass is 16.5. The summed E-state index contributed by atoms with van der Waals surface area (Å²) in [6, 6.07) is 8.95. The normalized spacial score (nSPS) is 10.1. The quantitative estimate of drug-likeness (QED) is 0.571. The van der Waals surface area contributed by atoms with Gasteiger partial charge < -0.3 is 25.6 Å². The number of nitrogens with one attached hydrogen (secondary N) is 2. The molecule has 0 unspecified atom stereocenters. The molecular formula is C19H20N2O6. The number of esters is 1. The standard InChI is InChI=1S/C19H20N2O6/c1-11-4-3-5-12(2)18(11)21-16(24)9-20-17(25)10-27-19(26)14-7-6-13(22)8-15(14)23/h3-8,22-23H,9-10H2,1-2H3,(H,20,25)(H,21,24). The molecule has 0 spiro atoms. The van der Waals surface area contributed by atoms with Crippen molar-refractivity contribution in [2.45, 2.75) is 13.8 Å². The van der Waals surface area contributed by atoms with Crippen LogP contribution < -0.4 is 10.6 Å². The van der Waals surface area contributed by atoms with Gasteiger partial charge in [0, 0.05) is 11.8 Å². The average Bonchev–Trinajstić information content (AvgIpc) is 2.61. The summed E-state index contributed by atoms with van der Waals surface area (Å²) in [5.41, 5.74) is 2.30. The molecule has 8 nitrogen and oxygen atoms in total. The van der Waals surface area contributed by atoms with Crippen LogP contribution in [0.25, 0.3) is 0 Å². The lowest BCUT2D eigenvalue weighted by atomic mass is 10.1. The Morgan fingerprint density at radius 2 is 1.67 bits per heavy atom. The van der Waals surface area contributed by atoms with Crippen LogP contribution in [-0.2, 0) is 14.3 Å². The van der Waals surface area contributed by atoms with E-state index in [1.165, 1.54) is 12.1 Å². The second-order valence-electron chi connectivity index (χ2n) is 5.87. The highest BCUT2D eigenvalue weighted by Gasteiger charge is 2.15. The number of aryl methyl sites for hydroxylation is 2. The first-order valence-electron chi connectivity index (χ1n) is 8.10. The Bertz CT molecular complexity index is 858. The molecule has 2 amide bonds. The van der Waals surface area contributed by atoms with Crippen molar-refractivity contribution in [3.05, 3.63) is 53.1 Å². The molecule has 8 heteroatoms. The average molecular weight is 372 g/mol. The summed E-state index contributed by atoms with van der Waals surface area (Å²) in [5.74, 6) is -2.69. The fourth-order valence-electron chi connectivity index (χ4n) is 2.33. The summed E-state index contributed by atoms with van der Waals surface area (Å²) in [4.78, 5) is 35.5. The van der Waals surface area contributed by atoms with E-state index >= 15 is 0 Å². The van der Waals surface area contributed by atoms with Crippen molar-refractivity contribution in [1.29, 1.82) is 0 Å². The van der Waals surface area contributed by atoms with E-state index in [1.807, 2.05) is 32.0 Å². The van der Waals surface area contributed by atoms with Gasteiger partial charge in [0.25, 0.3) is 5.91 Å². The number of ether oxygens (including phenoxy) is 1.